The van der Waals surface area contributed by atoms with Gasteiger partial charge in [-0.3, -0.25) is 0 Å². The molecule has 2 bridgehead atoms. The Kier molecular flexibility index (Phi) is 7.20. The summed E-state index contributed by atoms with van der Waals surface area (Å²) in [7, 11) is 2.04. The normalized spacial score (nSPS) is 21.9. The topological polar surface area (TPSA) is 73.8 Å². The van der Waals surface area contributed by atoms with E-state index < -0.39 is 11.6 Å². The van der Waals surface area contributed by atoms with Gasteiger partial charge >= 0.3 is 6.01 Å². The number of fused-ring (bicyclic) bond motifs is 4. The average molecular weight is 608 g/mol. The zero-order chi connectivity index (χ0) is 29.8. The summed E-state index contributed by atoms with van der Waals surface area (Å²) in [6, 6.07) is 7.61. The molecule has 11 heteroatoms. The molecule has 0 spiro atoms. The molecule has 3 aliphatic heterocycles. The number of likely N-dealkylation sites (tertiary alicyclic amines) is 1. The minimum absolute atomic E-state index is 0.00419. The monoisotopic (exact) mass is 607 g/mol. The van der Waals surface area contributed by atoms with Crippen LogP contribution in [0.25, 0.3) is 32.8 Å². The SMILES string of the molecule is CN1CCC[C@H]1COc1nc(N2CC3CCC(C2)N3)c2cc(Cl)c(-c3cc(O)cc4ccc(F)c(C#CF)c34)c(F)c2n1. The molecule has 3 atom stereocenters. The van der Waals surface area contributed by atoms with Crippen LogP contribution in [0.5, 0.6) is 11.8 Å². The number of phenols is 1. The first-order valence-electron chi connectivity index (χ1n) is 14.4. The molecule has 4 aromatic rings. The van der Waals surface area contributed by atoms with Crippen molar-refractivity contribution in [3.63, 3.8) is 0 Å². The highest BCUT2D eigenvalue weighted by Gasteiger charge is 2.34. The molecular weight excluding hydrogens is 579 g/mol. The number of halogens is 4. The van der Waals surface area contributed by atoms with Gasteiger partial charge in [-0.25, -0.2) is 8.78 Å². The van der Waals surface area contributed by atoms with Crippen LogP contribution in [0.2, 0.25) is 5.02 Å². The number of rotatable bonds is 5. The Balaban J connectivity index is 1.43. The molecular formula is C32H29ClF3N5O2. The maximum absolute atomic E-state index is 16.8. The van der Waals surface area contributed by atoms with Crippen LogP contribution >= 0.6 is 11.6 Å². The van der Waals surface area contributed by atoms with Gasteiger partial charge in [0.15, 0.2) is 5.82 Å². The van der Waals surface area contributed by atoms with Crippen LogP contribution in [0.3, 0.4) is 0 Å². The standard InChI is InChI=1S/C32H29ClF3N5O2/c1-40-10-2-3-20(40)16-43-32-38-30-24(31(39-32)41-14-18-5-6-19(15-41)37-18)13-25(33)28(29(30)36)23-12-21(42)11-17-4-7-26(35)22(8-9-34)27(17)23/h4,7,11-13,18-20,37,42H,2-3,5-6,10,14-16H2,1H3/t18?,19?,20-/m0/s1. The average Bonchev–Trinajstić information content (AvgIpc) is 3.56. The van der Waals surface area contributed by atoms with E-state index in [1.54, 1.807) is 6.07 Å². The molecule has 0 aliphatic carbocycles. The number of nitrogens with one attached hydrogen (secondary N) is 1. The van der Waals surface area contributed by atoms with Crippen molar-refractivity contribution in [1.29, 1.82) is 0 Å². The molecule has 7 nitrogen and oxygen atoms in total. The number of anilines is 1. The predicted molar refractivity (Wildman–Crippen MR) is 160 cm³/mol. The number of nitrogens with zero attached hydrogens (tertiary/aromatic N) is 4. The number of aromatic hydroxyl groups is 1. The Bertz CT molecular complexity index is 1810. The molecule has 2 N–H and O–H groups in total. The third-order valence-electron chi connectivity index (χ3n) is 8.93. The lowest BCUT2D eigenvalue weighted by Crippen LogP contribution is -2.51. The number of likely N-dealkylation sites (N-methyl/N-ethyl adjacent to an activating group) is 1. The zero-order valence-corrected chi connectivity index (χ0v) is 24.2. The summed E-state index contributed by atoms with van der Waals surface area (Å²) < 4.78 is 51.0. The van der Waals surface area contributed by atoms with E-state index in [1.807, 2.05) is 7.05 Å². The number of aromatic nitrogens is 2. The van der Waals surface area contributed by atoms with Gasteiger partial charge in [-0.15, -0.1) is 4.39 Å². The van der Waals surface area contributed by atoms with Gasteiger partial charge in [0, 0.05) is 47.6 Å². The van der Waals surface area contributed by atoms with E-state index in [1.165, 1.54) is 24.4 Å². The van der Waals surface area contributed by atoms with Crippen molar-refractivity contribution in [2.45, 2.75) is 43.8 Å². The van der Waals surface area contributed by atoms with Crippen molar-refractivity contribution in [3.8, 4) is 35.0 Å². The summed E-state index contributed by atoms with van der Waals surface area (Å²) in [6.45, 7) is 2.72. The van der Waals surface area contributed by atoms with Crippen LogP contribution < -0.4 is 15.0 Å². The number of hydrogen-bond donors (Lipinski definition) is 2. The van der Waals surface area contributed by atoms with Gasteiger partial charge in [0.05, 0.1) is 10.6 Å². The highest BCUT2D eigenvalue weighted by molar-refractivity contribution is 6.35. The van der Waals surface area contributed by atoms with E-state index in [-0.39, 0.29) is 50.4 Å². The third kappa shape index (κ3) is 4.99. The molecule has 2 unspecified atom stereocenters. The third-order valence-corrected chi connectivity index (χ3v) is 9.23. The molecule has 4 heterocycles. The van der Waals surface area contributed by atoms with Gasteiger partial charge in [0.25, 0.3) is 0 Å². The summed E-state index contributed by atoms with van der Waals surface area (Å²) >= 11 is 6.80. The lowest BCUT2D eigenvalue weighted by Gasteiger charge is -2.34. The maximum atomic E-state index is 16.8. The second-order valence-corrected chi connectivity index (χ2v) is 12.0. The number of benzene rings is 3. The van der Waals surface area contributed by atoms with Crippen LogP contribution in [-0.2, 0) is 0 Å². The molecule has 3 fully saturated rings. The Morgan fingerprint density at radius 2 is 1.91 bits per heavy atom. The Morgan fingerprint density at radius 3 is 2.63 bits per heavy atom. The second-order valence-electron chi connectivity index (χ2n) is 11.6. The molecule has 3 saturated heterocycles. The fourth-order valence-corrected chi connectivity index (χ4v) is 7.13. The fraction of sp³-hybridized carbons (Fsp3) is 0.375. The first-order valence-corrected chi connectivity index (χ1v) is 14.8. The molecule has 7 rings (SSSR count). The van der Waals surface area contributed by atoms with E-state index in [2.05, 4.69) is 26.0 Å². The lowest BCUT2D eigenvalue weighted by molar-refractivity contribution is 0.188. The molecule has 3 aliphatic rings. The molecule has 0 saturated carbocycles. The Hall–Kier alpha value is -3.78. The van der Waals surface area contributed by atoms with Gasteiger partial charge in [-0.1, -0.05) is 17.7 Å². The number of piperazine rings is 1. The highest BCUT2D eigenvalue weighted by Crippen LogP contribution is 2.44. The van der Waals surface area contributed by atoms with E-state index in [0.717, 1.165) is 38.3 Å². The lowest BCUT2D eigenvalue weighted by atomic mass is 9.93. The highest BCUT2D eigenvalue weighted by atomic mass is 35.5. The van der Waals surface area contributed by atoms with E-state index >= 15 is 4.39 Å². The van der Waals surface area contributed by atoms with Gasteiger partial charge < -0.3 is 25.0 Å². The summed E-state index contributed by atoms with van der Waals surface area (Å²) in [4.78, 5) is 13.6. The molecule has 1 aromatic heterocycles. The van der Waals surface area contributed by atoms with Crippen molar-refractivity contribution >= 4 is 39.1 Å². The quantitative estimate of drug-likeness (QED) is 0.279. The van der Waals surface area contributed by atoms with E-state index in [4.69, 9.17) is 21.3 Å². The van der Waals surface area contributed by atoms with Crippen LogP contribution in [0.1, 0.15) is 31.2 Å². The summed E-state index contributed by atoms with van der Waals surface area (Å²) in [5.74, 6) is 0.900. The van der Waals surface area contributed by atoms with E-state index in [9.17, 15) is 13.9 Å². The van der Waals surface area contributed by atoms with Crippen molar-refractivity contribution in [1.82, 2.24) is 20.2 Å². The summed E-state index contributed by atoms with van der Waals surface area (Å²) in [6.07, 6.45) is 5.39. The number of ether oxygens (including phenoxy) is 1. The first kappa shape index (κ1) is 28.0. The van der Waals surface area contributed by atoms with Crippen molar-refractivity contribution in [3.05, 3.63) is 52.6 Å². The molecule has 0 amide bonds. The summed E-state index contributed by atoms with van der Waals surface area (Å²) in [5.41, 5.74) is -0.341. The van der Waals surface area contributed by atoms with Crippen LogP contribution in [-0.4, -0.2) is 71.4 Å². The predicted octanol–water partition coefficient (Wildman–Crippen LogP) is 5.78. The van der Waals surface area contributed by atoms with Crippen LogP contribution in [0.15, 0.2) is 30.3 Å². The number of hydrogen-bond acceptors (Lipinski definition) is 7. The van der Waals surface area contributed by atoms with Crippen molar-refractivity contribution < 1.29 is 23.0 Å². The number of phenolic OH excluding ortho intramolecular Hbond substituents is 1. The molecule has 222 valence electrons. The molecule has 43 heavy (non-hydrogen) atoms. The first-order chi connectivity index (χ1) is 20.8. The largest absolute Gasteiger partial charge is 0.508 e. The minimum atomic E-state index is -0.789. The van der Waals surface area contributed by atoms with E-state index in [0.29, 0.717) is 48.4 Å². The molecule has 0 radical (unpaired) electrons. The van der Waals surface area contributed by atoms with Crippen LogP contribution in [0.4, 0.5) is 19.0 Å². The van der Waals surface area contributed by atoms with Gasteiger partial charge in [-0.05, 0) is 80.4 Å². The van der Waals surface area contributed by atoms with Gasteiger partial charge in [-0.2, -0.15) is 9.97 Å². The second kappa shape index (κ2) is 11.1. The Morgan fingerprint density at radius 1 is 1.12 bits per heavy atom. The van der Waals surface area contributed by atoms with Crippen molar-refractivity contribution in [2.75, 3.05) is 38.2 Å². The molecule has 3 aromatic carbocycles. The maximum Gasteiger partial charge on any atom is 0.319 e. The minimum Gasteiger partial charge on any atom is -0.508 e. The smallest absolute Gasteiger partial charge is 0.319 e. The van der Waals surface area contributed by atoms with Crippen molar-refractivity contribution in [2.24, 2.45) is 0 Å². The van der Waals surface area contributed by atoms with Crippen LogP contribution in [0, 0.1) is 23.7 Å². The Labute approximate surface area is 251 Å². The summed E-state index contributed by atoms with van der Waals surface area (Å²) in [5, 5.41) is 15.0. The zero-order valence-electron chi connectivity index (χ0n) is 23.4. The fourth-order valence-electron chi connectivity index (χ4n) is 6.83. The van der Waals surface area contributed by atoms with Gasteiger partial charge in [0.1, 0.15) is 35.7 Å². The van der Waals surface area contributed by atoms with Gasteiger partial charge in [0.2, 0.25) is 0 Å².